The van der Waals surface area contributed by atoms with Crippen molar-refractivity contribution in [3.05, 3.63) is 22.4 Å². The molecular formula is C10H10O2S4. The Bertz CT molecular complexity index is 511. The first kappa shape index (κ1) is 12.3. The lowest BCUT2D eigenvalue weighted by molar-refractivity contribution is 0.101. The fraction of sp³-hybridized carbons (Fsp3) is 0.300. The first-order valence-electron chi connectivity index (χ1n) is 4.49. The fourth-order valence-electron chi connectivity index (χ4n) is 1.40. The molecule has 0 amide bonds. The number of ketones is 1. The van der Waals surface area contributed by atoms with Gasteiger partial charge in [0.15, 0.2) is 5.78 Å². The van der Waals surface area contributed by atoms with E-state index in [2.05, 4.69) is 0 Å². The molecular weight excluding hydrogens is 280 g/mol. The summed E-state index contributed by atoms with van der Waals surface area (Å²) in [6.45, 7) is 0. The molecule has 2 aromatic rings. The van der Waals surface area contributed by atoms with Crippen LogP contribution in [0.1, 0.15) is 9.67 Å². The summed E-state index contributed by atoms with van der Waals surface area (Å²) in [6, 6.07) is 3.92. The van der Waals surface area contributed by atoms with Crippen molar-refractivity contribution >= 4 is 60.4 Å². The minimum Gasteiger partial charge on any atom is -0.291 e. The van der Waals surface area contributed by atoms with Crippen molar-refractivity contribution in [2.75, 3.05) is 12.5 Å². The summed E-state index contributed by atoms with van der Waals surface area (Å²) in [5.74, 6) is -0.0123. The fourth-order valence-corrected chi connectivity index (χ4v) is 5.48. The van der Waals surface area contributed by atoms with Gasteiger partial charge in [-0.3, -0.25) is 9.00 Å². The van der Waals surface area contributed by atoms with Gasteiger partial charge in [-0.2, -0.15) is 0 Å². The summed E-state index contributed by atoms with van der Waals surface area (Å²) in [5, 5.41) is 2.01. The molecule has 2 heterocycles. The van der Waals surface area contributed by atoms with Crippen LogP contribution >= 0.6 is 34.4 Å². The Balaban J connectivity index is 2.34. The molecule has 0 aliphatic heterocycles. The highest BCUT2D eigenvalue weighted by atomic mass is 32.2. The Labute approximate surface area is 109 Å². The second-order valence-corrected chi connectivity index (χ2v) is 7.93. The number of Topliss-reactive ketones (excluding diaryl/α,β-unsaturated/α-hetero) is 1. The molecule has 0 spiro atoms. The maximum atomic E-state index is 12.1. The quantitative estimate of drug-likeness (QED) is 0.811. The molecule has 0 fully saturated rings. The molecule has 0 saturated heterocycles. The SMILES string of the molecule is CSC(C(=O)c1cc2sccc2s1)S(C)=O. The van der Waals surface area contributed by atoms with E-state index in [1.54, 1.807) is 17.6 Å². The van der Waals surface area contributed by atoms with Gasteiger partial charge in [0.05, 0.1) is 4.88 Å². The standard InChI is InChI=1S/C10H10O2S4/c1-13-10(16(2)12)9(11)8-5-7-6(15-8)3-4-14-7/h3-5,10H,1-2H3. The minimum absolute atomic E-state index is 0.0123. The summed E-state index contributed by atoms with van der Waals surface area (Å²) in [4.78, 5) is 12.8. The second-order valence-electron chi connectivity index (χ2n) is 3.19. The van der Waals surface area contributed by atoms with Gasteiger partial charge in [0.1, 0.15) is 4.58 Å². The highest BCUT2D eigenvalue weighted by Gasteiger charge is 2.24. The third-order valence-electron chi connectivity index (χ3n) is 2.11. The van der Waals surface area contributed by atoms with Crippen molar-refractivity contribution in [2.45, 2.75) is 4.58 Å². The van der Waals surface area contributed by atoms with E-state index in [4.69, 9.17) is 0 Å². The first-order valence-corrected chi connectivity index (χ1v) is 9.10. The molecule has 0 aromatic carbocycles. The van der Waals surface area contributed by atoms with Gasteiger partial charge in [0.2, 0.25) is 0 Å². The van der Waals surface area contributed by atoms with Gasteiger partial charge in [-0.25, -0.2) is 0 Å². The number of hydrogen-bond donors (Lipinski definition) is 0. The van der Waals surface area contributed by atoms with Crippen LogP contribution in [-0.2, 0) is 10.8 Å². The van der Waals surface area contributed by atoms with Gasteiger partial charge < -0.3 is 0 Å². The average Bonchev–Trinajstić information content (AvgIpc) is 2.76. The van der Waals surface area contributed by atoms with Gasteiger partial charge in [0.25, 0.3) is 0 Å². The molecule has 0 aliphatic rings. The number of thiophene rings is 2. The van der Waals surface area contributed by atoms with Gasteiger partial charge in [0, 0.05) is 26.5 Å². The van der Waals surface area contributed by atoms with Crippen molar-refractivity contribution < 1.29 is 9.00 Å². The number of rotatable bonds is 4. The van der Waals surface area contributed by atoms with Crippen molar-refractivity contribution in [3.8, 4) is 0 Å². The molecule has 86 valence electrons. The Kier molecular flexibility index (Phi) is 3.84. The molecule has 2 atom stereocenters. The lowest BCUT2D eigenvalue weighted by atomic mass is 10.3. The number of carbonyl (C=O) groups excluding carboxylic acids is 1. The topological polar surface area (TPSA) is 34.1 Å². The normalized spacial score (nSPS) is 15.1. The molecule has 2 unspecified atom stereocenters. The minimum atomic E-state index is -1.12. The van der Waals surface area contributed by atoms with Crippen molar-refractivity contribution in [1.82, 2.24) is 0 Å². The van der Waals surface area contributed by atoms with Gasteiger partial charge in [-0.15, -0.1) is 34.4 Å². The van der Waals surface area contributed by atoms with Crippen LogP contribution in [0.3, 0.4) is 0 Å². The summed E-state index contributed by atoms with van der Waals surface area (Å²) < 4.78 is 13.3. The van der Waals surface area contributed by atoms with Gasteiger partial charge in [-0.05, 0) is 23.8 Å². The third kappa shape index (κ3) is 2.25. The van der Waals surface area contributed by atoms with Gasteiger partial charge >= 0.3 is 0 Å². The zero-order chi connectivity index (χ0) is 11.7. The van der Waals surface area contributed by atoms with E-state index in [0.717, 1.165) is 14.3 Å². The van der Waals surface area contributed by atoms with E-state index < -0.39 is 15.4 Å². The molecule has 0 N–H and O–H groups in total. The zero-order valence-electron chi connectivity index (χ0n) is 8.76. The van der Waals surface area contributed by atoms with Crippen molar-refractivity contribution in [1.29, 1.82) is 0 Å². The molecule has 0 aliphatic carbocycles. The molecule has 16 heavy (non-hydrogen) atoms. The molecule has 0 radical (unpaired) electrons. The Morgan fingerprint density at radius 3 is 2.81 bits per heavy atom. The van der Waals surface area contributed by atoms with E-state index in [-0.39, 0.29) is 5.78 Å². The summed E-state index contributed by atoms with van der Waals surface area (Å²) in [7, 11) is -1.12. The van der Waals surface area contributed by atoms with Crippen LogP contribution in [0.5, 0.6) is 0 Å². The highest BCUT2D eigenvalue weighted by molar-refractivity contribution is 8.11. The summed E-state index contributed by atoms with van der Waals surface area (Å²) >= 11 is 4.47. The van der Waals surface area contributed by atoms with Crippen LogP contribution in [0, 0.1) is 0 Å². The first-order chi connectivity index (χ1) is 7.63. The van der Waals surface area contributed by atoms with E-state index in [0.29, 0.717) is 0 Å². The second kappa shape index (κ2) is 5.00. The average molecular weight is 290 g/mol. The van der Waals surface area contributed by atoms with E-state index >= 15 is 0 Å². The summed E-state index contributed by atoms with van der Waals surface area (Å²) in [5.41, 5.74) is 0. The number of carbonyl (C=O) groups is 1. The molecule has 0 bridgehead atoms. The molecule has 0 saturated carbocycles. The monoisotopic (exact) mass is 290 g/mol. The maximum Gasteiger partial charge on any atom is 0.198 e. The predicted octanol–water partition coefficient (Wildman–Crippen LogP) is 3.21. The van der Waals surface area contributed by atoms with Crippen molar-refractivity contribution in [2.24, 2.45) is 0 Å². The number of thioether (sulfide) groups is 1. The van der Waals surface area contributed by atoms with E-state index in [1.807, 2.05) is 23.8 Å². The lowest BCUT2D eigenvalue weighted by Gasteiger charge is -2.07. The molecule has 2 nitrogen and oxygen atoms in total. The van der Waals surface area contributed by atoms with Crippen LogP contribution in [0.25, 0.3) is 9.40 Å². The van der Waals surface area contributed by atoms with Crippen LogP contribution in [0.2, 0.25) is 0 Å². The van der Waals surface area contributed by atoms with Gasteiger partial charge in [-0.1, -0.05) is 0 Å². The van der Waals surface area contributed by atoms with Crippen LogP contribution in [-0.4, -0.2) is 27.1 Å². The Hall–Kier alpha value is -0.170. The number of hydrogen-bond acceptors (Lipinski definition) is 5. The number of fused-ring (bicyclic) bond motifs is 1. The smallest absolute Gasteiger partial charge is 0.198 e. The van der Waals surface area contributed by atoms with Crippen LogP contribution in [0.4, 0.5) is 0 Å². The molecule has 2 aromatic heterocycles. The van der Waals surface area contributed by atoms with E-state index in [9.17, 15) is 9.00 Å². The maximum absolute atomic E-state index is 12.1. The van der Waals surface area contributed by atoms with Crippen LogP contribution < -0.4 is 0 Å². The predicted molar refractivity (Wildman–Crippen MR) is 75.4 cm³/mol. The molecule has 6 heteroatoms. The van der Waals surface area contributed by atoms with E-state index in [1.165, 1.54) is 23.1 Å². The largest absolute Gasteiger partial charge is 0.291 e. The summed E-state index contributed by atoms with van der Waals surface area (Å²) in [6.07, 6.45) is 3.40. The third-order valence-corrected chi connectivity index (χ3v) is 7.07. The molecule has 2 rings (SSSR count). The zero-order valence-corrected chi connectivity index (χ0v) is 12.0. The lowest BCUT2D eigenvalue weighted by Crippen LogP contribution is -2.20. The Morgan fingerprint density at radius 2 is 2.25 bits per heavy atom. The Morgan fingerprint density at radius 1 is 1.50 bits per heavy atom. The highest BCUT2D eigenvalue weighted by Crippen LogP contribution is 2.32. The van der Waals surface area contributed by atoms with Crippen molar-refractivity contribution in [3.63, 3.8) is 0 Å². The van der Waals surface area contributed by atoms with Crippen LogP contribution in [0.15, 0.2) is 17.5 Å².